The molecule has 0 atom stereocenters. The SMILES string of the molecule is CCOC(=O)CC.N.c1cc2cc(c1)C2. The third kappa shape index (κ3) is 4.61. The molecular weight excluding hydrogens is 190 g/mol. The summed E-state index contributed by atoms with van der Waals surface area (Å²) in [5.74, 6) is -0.123. The van der Waals surface area contributed by atoms with Crippen LogP contribution in [0, 0.1) is 0 Å². The van der Waals surface area contributed by atoms with Crippen LogP contribution in [0.5, 0.6) is 0 Å². The van der Waals surface area contributed by atoms with Crippen LogP contribution in [-0.2, 0) is 16.0 Å². The van der Waals surface area contributed by atoms with E-state index in [-0.39, 0.29) is 12.1 Å². The molecule has 3 heteroatoms. The summed E-state index contributed by atoms with van der Waals surface area (Å²) in [5, 5.41) is 0. The highest BCUT2D eigenvalue weighted by Gasteiger charge is 2.04. The van der Waals surface area contributed by atoms with E-state index in [0.717, 1.165) is 0 Å². The van der Waals surface area contributed by atoms with E-state index >= 15 is 0 Å². The third-order valence-electron chi connectivity index (χ3n) is 1.99. The Labute approximate surface area is 91.0 Å². The monoisotopic (exact) mass is 209 g/mol. The smallest absolute Gasteiger partial charge is 0.305 e. The fourth-order valence-electron chi connectivity index (χ4n) is 1.22. The summed E-state index contributed by atoms with van der Waals surface area (Å²) in [6, 6.07) is 8.65. The van der Waals surface area contributed by atoms with E-state index < -0.39 is 0 Å². The fraction of sp³-hybridized carbons (Fsp3) is 0.417. The van der Waals surface area contributed by atoms with Crippen LogP contribution in [0.3, 0.4) is 0 Å². The molecule has 3 nitrogen and oxygen atoms in total. The van der Waals surface area contributed by atoms with Gasteiger partial charge in [0, 0.05) is 6.42 Å². The van der Waals surface area contributed by atoms with Crippen LogP contribution in [0.15, 0.2) is 24.3 Å². The van der Waals surface area contributed by atoms with Crippen molar-refractivity contribution >= 4 is 5.97 Å². The van der Waals surface area contributed by atoms with Crippen molar-refractivity contribution in [3.8, 4) is 0 Å². The zero-order valence-electron chi connectivity index (χ0n) is 9.45. The molecule has 1 aromatic carbocycles. The molecule has 15 heavy (non-hydrogen) atoms. The van der Waals surface area contributed by atoms with Gasteiger partial charge in [-0.25, -0.2) is 0 Å². The molecule has 1 aromatic rings. The van der Waals surface area contributed by atoms with Gasteiger partial charge in [-0.05, 0) is 24.5 Å². The molecule has 0 spiro atoms. The van der Waals surface area contributed by atoms with Crippen molar-refractivity contribution in [3.63, 3.8) is 0 Å². The van der Waals surface area contributed by atoms with E-state index in [9.17, 15) is 4.79 Å². The molecule has 0 unspecified atom stereocenters. The number of rotatable bonds is 2. The summed E-state index contributed by atoms with van der Waals surface area (Å²) in [4.78, 5) is 10.2. The van der Waals surface area contributed by atoms with Crippen LogP contribution < -0.4 is 6.15 Å². The molecule has 84 valence electrons. The molecule has 0 aromatic heterocycles. The number of carbonyl (C=O) groups is 1. The van der Waals surface area contributed by atoms with Crippen LogP contribution in [0.4, 0.5) is 0 Å². The van der Waals surface area contributed by atoms with Crippen molar-refractivity contribution in [2.75, 3.05) is 6.61 Å². The molecule has 0 radical (unpaired) electrons. The average molecular weight is 209 g/mol. The van der Waals surface area contributed by atoms with Gasteiger partial charge in [0.05, 0.1) is 6.61 Å². The summed E-state index contributed by atoms with van der Waals surface area (Å²) in [6.45, 7) is 4.07. The van der Waals surface area contributed by atoms with Gasteiger partial charge in [0.25, 0.3) is 0 Å². The standard InChI is InChI=1S/C7H6.C5H10O2.H3N/c1-2-6-4-7(3-1)5-6;1-3-5(6)7-4-2;/h1-4H,5H2;3-4H2,1-2H3;1H3. The van der Waals surface area contributed by atoms with Crippen molar-refractivity contribution in [2.45, 2.75) is 26.7 Å². The lowest BCUT2D eigenvalue weighted by Gasteiger charge is -2.11. The van der Waals surface area contributed by atoms with E-state index in [0.29, 0.717) is 13.0 Å². The Morgan fingerprint density at radius 3 is 2.00 bits per heavy atom. The Morgan fingerprint density at radius 1 is 1.33 bits per heavy atom. The summed E-state index contributed by atoms with van der Waals surface area (Å²) in [6.07, 6.45) is 1.70. The van der Waals surface area contributed by atoms with Gasteiger partial charge in [0.15, 0.2) is 0 Å². The number of fused-ring (bicyclic) bond motifs is 2. The lowest BCUT2D eigenvalue weighted by atomic mass is 9.94. The number of carbonyl (C=O) groups excluding carboxylic acids is 1. The molecule has 0 aliphatic heterocycles. The molecule has 2 aliphatic rings. The van der Waals surface area contributed by atoms with Gasteiger partial charge < -0.3 is 10.9 Å². The van der Waals surface area contributed by atoms with Crippen molar-refractivity contribution in [2.24, 2.45) is 0 Å². The van der Waals surface area contributed by atoms with Crippen molar-refractivity contribution in [1.82, 2.24) is 6.15 Å². The lowest BCUT2D eigenvalue weighted by molar-refractivity contribution is -0.142. The highest BCUT2D eigenvalue weighted by atomic mass is 16.5. The minimum absolute atomic E-state index is 0. The highest BCUT2D eigenvalue weighted by Crippen LogP contribution is 2.18. The highest BCUT2D eigenvalue weighted by molar-refractivity contribution is 5.68. The molecule has 2 aliphatic carbocycles. The van der Waals surface area contributed by atoms with Gasteiger partial charge in [-0.2, -0.15) is 0 Å². The van der Waals surface area contributed by atoms with Gasteiger partial charge in [-0.15, -0.1) is 0 Å². The summed E-state index contributed by atoms with van der Waals surface area (Å²) in [7, 11) is 0. The van der Waals surface area contributed by atoms with E-state index in [4.69, 9.17) is 0 Å². The summed E-state index contributed by atoms with van der Waals surface area (Å²) in [5.41, 5.74) is 2.97. The second kappa shape index (κ2) is 7.01. The van der Waals surface area contributed by atoms with Gasteiger partial charge in [0.1, 0.15) is 0 Å². The minimum Gasteiger partial charge on any atom is -0.466 e. The Kier molecular flexibility index (Phi) is 6.38. The molecule has 0 saturated carbocycles. The van der Waals surface area contributed by atoms with E-state index in [1.54, 1.807) is 13.8 Å². The molecular formula is C12H19NO2. The van der Waals surface area contributed by atoms with E-state index in [1.807, 2.05) is 0 Å². The Bertz CT molecular complexity index is 285. The van der Waals surface area contributed by atoms with Gasteiger partial charge >= 0.3 is 5.97 Å². The maximum Gasteiger partial charge on any atom is 0.305 e. The number of benzene rings is 1. The Balaban J connectivity index is 0.000000245. The van der Waals surface area contributed by atoms with Gasteiger partial charge in [-0.3, -0.25) is 4.79 Å². The second-order valence-corrected chi connectivity index (χ2v) is 3.16. The number of hydrogen-bond donors (Lipinski definition) is 1. The van der Waals surface area contributed by atoms with Crippen LogP contribution in [-0.4, -0.2) is 12.6 Å². The van der Waals surface area contributed by atoms with Crippen molar-refractivity contribution in [1.29, 1.82) is 0 Å². The summed E-state index contributed by atoms with van der Waals surface area (Å²) < 4.78 is 4.55. The van der Waals surface area contributed by atoms with Crippen LogP contribution in [0.1, 0.15) is 31.4 Å². The predicted molar refractivity (Wildman–Crippen MR) is 61.2 cm³/mol. The predicted octanol–water partition coefficient (Wildman–Crippen LogP) is 2.71. The second-order valence-electron chi connectivity index (χ2n) is 3.16. The van der Waals surface area contributed by atoms with E-state index in [1.165, 1.54) is 17.5 Å². The van der Waals surface area contributed by atoms with Gasteiger partial charge in [0.2, 0.25) is 0 Å². The van der Waals surface area contributed by atoms with Crippen LogP contribution in [0.2, 0.25) is 0 Å². The average Bonchev–Trinajstić information content (AvgIpc) is 2.19. The van der Waals surface area contributed by atoms with Crippen LogP contribution in [0.25, 0.3) is 0 Å². The molecule has 3 rings (SSSR count). The number of ether oxygens (including phenoxy) is 1. The molecule has 0 heterocycles. The van der Waals surface area contributed by atoms with E-state index in [2.05, 4.69) is 29.0 Å². The number of esters is 1. The first kappa shape index (κ1) is 13.7. The molecule has 0 saturated heterocycles. The van der Waals surface area contributed by atoms with Crippen molar-refractivity contribution in [3.05, 3.63) is 35.4 Å². The van der Waals surface area contributed by atoms with Crippen molar-refractivity contribution < 1.29 is 9.53 Å². The van der Waals surface area contributed by atoms with Gasteiger partial charge in [-0.1, -0.05) is 31.2 Å². The first-order valence-corrected chi connectivity index (χ1v) is 4.99. The Morgan fingerprint density at radius 2 is 1.87 bits per heavy atom. The summed E-state index contributed by atoms with van der Waals surface area (Å²) >= 11 is 0. The molecule has 3 N–H and O–H groups in total. The third-order valence-corrected chi connectivity index (χ3v) is 1.99. The topological polar surface area (TPSA) is 61.3 Å². The fourth-order valence-corrected chi connectivity index (χ4v) is 1.22. The first-order valence-electron chi connectivity index (χ1n) is 4.99. The normalized spacial score (nSPS) is 10.0. The molecule has 0 amide bonds. The maximum absolute atomic E-state index is 10.2. The maximum atomic E-state index is 10.2. The lowest BCUT2D eigenvalue weighted by Crippen LogP contribution is -2.00. The largest absolute Gasteiger partial charge is 0.466 e. The molecule has 2 bridgehead atoms. The minimum atomic E-state index is -0.123. The first-order chi connectivity index (χ1) is 6.76. The Hall–Kier alpha value is -1.35. The molecule has 0 fully saturated rings. The zero-order chi connectivity index (χ0) is 10.4. The quantitative estimate of drug-likeness (QED) is 0.773. The zero-order valence-corrected chi connectivity index (χ0v) is 9.45. The number of hydrogen-bond acceptors (Lipinski definition) is 3. The van der Waals surface area contributed by atoms with Crippen LogP contribution >= 0.6 is 0 Å².